The lowest BCUT2D eigenvalue weighted by Gasteiger charge is -2.17. The zero-order valence-electron chi connectivity index (χ0n) is 12.2. The molecule has 0 aromatic heterocycles. The SMILES string of the molecule is COc1ccccc1C(=O)CN(C)Cc1ccccc1Br. The molecule has 0 amide bonds. The van der Waals surface area contributed by atoms with Crippen LogP contribution in [0.3, 0.4) is 0 Å². The molecular formula is C17H18BrNO2. The van der Waals surface area contributed by atoms with Crippen molar-refractivity contribution in [3.8, 4) is 5.75 Å². The Kier molecular flexibility index (Phi) is 5.53. The van der Waals surface area contributed by atoms with E-state index in [-0.39, 0.29) is 5.78 Å². The van der Waals surface area contributed by atoms with Crippen molar-refractivity contribution in [2.24, 2.45) is 0 Å². The minimum atomic E-state index is 0.0574. The fraction of sp³-hybridized carbons (Fsp3) is 0.235. The zero-order chi connectivity index (χ0) is 15.2. The molecule has 0 saturated carbocycles. The van der Waals surface area contributed by atoms with E-state index in [0.29, 0.717) is 24.4 Å². The van der Waals surface area contributed by atoms with Gasteiger partial charge < -0.3 is 4.74 Å². The van der Waals surface area contributed by atoms with Gasteiger partial charge in [-0.25, -0.2) is 0 Å². The summed E-state index contributed by atoms with van der Waals surface area (Å²) in [5, 5.41) is 0. The van der Waals surface area contributed by atoms with E-state index in [4.69, 9.17) is 4.74 Å². The number of ether oxygens (including phenoxy) is 1. The van der Waals surface area contributed by atoms with Crippen LogP contribution >= 0.6 is 15.9 Å². The first-order valence-electron chi connectivity index (χ1n) is 6.70. The molecule has 110 valence electrons. The van der Waals surface area contributed by atoms with Gasteiger partial charge in [0.05, 0.1) is 19.2 Å². The molecule has 0 saturated heterocycles. The number of halogens is 1. The summed E-state index contributed by atoms with van der Waals surface area (Å²) >= 11 is 3.53. The third-order valence-electron chi connectivity index (χ3n) is 3.22. The van der Waals surface area contributed by atoms with Gasteiger partial charge in [-0.3, -0.25) is 9.69 Å². The van der Waals surface area contributed by atoms with Crippen molar-refractivity contribution in [1.82, 2.24) is 4.90 Å². The third-order valence-corrected chi connectivity index (χ3v) is 3.99. The standard InChI is InChI=1S/C17H18BrNO2/c1-19(11-13-7-3-5-9-15(13)18)12-16(20)14-8-4-6-10-17(14)21-2/h3-10H,11-12H2,1-2H3. The summed E-state index contributed by atoms with van der Waals surface area (Å²) in [4.78, 5) is 14.4. The normalized spacial score (nSPS) is 10.7. The van der Waals surface area contributed by atoms with Gasteiger partial charge in [0.2, 0.25) is 0 Å². The number of carbonyl (C=O) groups is 1. The summed E-state index contributed by atoms with van der Waals surface area (Å²) in [6.45, 7) is 1.06. The number of ketones is 1. The molecule has 0 N–H and O–H groups in total. The van der Waals surface area contributed by atoms with Crippen molar-refractivity contribution in [3.05, 3.63) is 64.1 Å². The van der Waals surface area contributed by atoms with Crippen molar-refractivity contribution in [1.29, 1.82) is 0 Å². The summed E-state index contributed by atoms with van der Waals surface area (Å²) in [7, 11) is 3.52. The highest BCUT2D eigenvalue weighted by atomic mass is 79.9. The quantitative estimate of drug-likeness (QED) is 0.745. The van der Waals surface area contributed by atoms with Crippen LogP contribution in [0.5, 0.6) is 5.75 Å². The number of rotatable bonds is 6. The van der Waals surface area contributed by atoms with Gasteiger partial charge in [0.25, 0.3) is 0 Å². The number of hydrogen-bond donors (Lipinski definition) is 0. The van der Waals surface area contributed by atoms with Gasteiger partial charge in [0.1, 0.15) is 5.75 Å². The second kappa shape index (κ2) is 7.38. The van der Waals surface area contributed by atoms with Crippen molar-refractivity contribution in [3.63, 3.8) is 0 Å². The lowest BCUT2D eigenvalue weighted by atomic mass is 10.1. The maximum Gasteiger partial charge on any atom is 0.180 e. The minimum Gasteiger partial charge on any atom is -0.496 e. The van der Waals surface area contributed by atoms with E-state index < -0.39 is 0 Å². The minimum absolute atomic E-state index is 0.0574. The molecule has 0 unspecified atom stereocenters. The first-order valence-corrected chi connectivity index (χ1v) is 7.49. The van der Waals surface area contributed by atoms with Crippen LogP contribution in [0.2, 0.25) is 0 Å². The predicted octanol–water partition coefficient (Wildman–Crippen LogP) is 3.77. The molecular weight excluding hydrogens is 330 g/mol. The Morgan fingerprint density at radius 2 is 1.81 bits per heavy atom. The van der Waals surface area contributed by atoms with Crippen LogP contribution in [0.4, 0.5) is 0 Å². The summed E-state index contributed by atoms with van der Waals surface area (Å²) in [6, 6.07) is 15.3. The van der Waals surface area contributed by atoms with Gasteiger partial charge in [-0.2, -0.15) is 0 Å². The maximum atomic E-state index is 12.4. The Hall–Kier alpha value is -1.65. The molecule has 3 nitrogen and oxygen atoms in total. The molecule has 0 spiro atoms. The summed E-state index contributed by atoms with van der Waals surface area (Å²) in [6.07, 6.45) is 0. The van der Waals surface area contributed by atoms with Crippen LogP contribution in [-0.2, 0) is 6.54 Å². The van der Waals surface area contributed by atoms with Gasteiger partial charge in [-0.05, 0) is 30.8 Å². The van der Waals surface area contributed by atoms with Crippen LogP contribution < -0.4 is 4.74 Å². The van der Waals surface area contributed by atoms with Crippen LogP contribution in [0.1, 0.15) is 15.9 Å². The smallest absolute Gasteiger partial charge is 0.180 e. The molecule has 2 aromatic rings. The van der Waals surface area contributed by atoms with Gasteiger partial charge in [-0.1, -0.05) is 46.3 Å². The van der Waals surface area contributed by atoms with Crippen molar-refractivity contribution in [2.45, 2.75) is 6.54 Å². The number of hydrogen-bond acceptors (Lipinski definition) is 3. The first-order chi connectivity index (χ1) is 10.1. The highest BCUT2D eigenvalue weighted by molar-refractivity contribution is 9.10. The Balaban J connectivity index is 2.04. The lowest BCUT2D eigenvalue weighted by molar-refractivity contribution is 0.0940. The lowest BCUT2D eigenvalue weighted by Crippen LogP contribution is -2.26. The number of Topliss-reactive ketones (excluding diaryl/α,β-unsaturated/α-hetero) is 1. The fourth-order valence-electron chi connectivity index (χ4n) is 2.18. The van der Waals surface area contributed by atoms with Gasteiger partial charge in [-0.15, -0.1) is 0 Å². The number of likely N-dealkylation sites (N-methyl/N-ethyl adjacent to an activating group) is 1. The summed E-state index contributed by atoms with van der Waals surface area (Å²) in [5.74, 6) is 0.679. The van der Waals surface area contributed by atoms with Crippen molar-refractivity contribution < 1.29 is 9.53 Å². The van der Waals surface area contributed by atoms with E-state index in [9.17, 15) is 4.79 Å². The average molecular weight is 348 g/mol. The zero-order valence-corrected chi connectivity index (χ0v) is 13.8. The van der Waals surface area contributed by atoms with Gasteiger partial charge >= 0.3 is 0 Å². The van der Waals surface area contributed by atoms with Crippen molar-refractivity contribution in [2.75, 3.05) is 20.7 Å². The van der Waals surface area contributed by atoms with E-state index in [2.05, 4.69) is 15.9 Å². The van der Waals surface area contributed by atoms with Crippen molar-refractivity contribution >= 4 is 21.7 Å². The molecule has 0 bridgehead atoms. The molecule has 0 aliphatic carbocycles. The largest absolute Gasteiger partial charge is 0.496 e. The Morgan fingerprint density at radius 3 is 2.52 bits per heavy atom. The molecule has 0 aliphatic heterocycles. The summed E-state index contributed by atoms with van der Waals surface area (Å²) in [5.41, 5.74) is 1.78. The Bertz CT molecular complexity index is 628. The Morgan fingerprint density at radius 1 is 1.14 bits per heavy atom. The van der Waals surface area contributed by atoms with Crippen LogP contribution in [0.15, 0.2) is 53.0 Å². The maximum absolute atomic E-state index is 12.4. The Labute approximate surface area is 133 Å². The van der Waals surface area contributed by atoms with E-state index >= 15 is 0 Å². The molecule has 0 aliphatic rings. The second-order valence-corrected chi connectivity index (χ2v) is 5.74. The van der Waals surface area contributed by atoms with Gasteiger partial charge in [0.15, 0.2) is 5.78 Å². The van der Waals surface area contributed by atoms with E-state index in [1.807, 2.05) is 48.3 Å². The number of nitrogens with zero attached hydrogens (tertiary/aromatic N) is 1. The molecule has 4 heteroatoms. The number of carbonyl (C=O) groups excluding carboxylic acids is 1. The highest BCUT2D eigenvalue weighted by Gasteiger charge is 2.14. The predicted molar refractivity (Wildman–Crippen MR) is 87.8 cm³/mol. The van der Waals surface area contributed by atoms with E-state index in [1.165, 1.54) is 0 Å². The molecule has 2 rings (SSSR count). The number of para-hydroxylation sites is 1. The van der Waals surface area contributed by atoms with Crippen LogP contribution in [0.25, 0.3) is 0 Å². The third kappa shape index (κ3) is 4.16. The summed E-state index contributed by atoms with van der Waals surface area (Å²) < 4.78 is 6.30. The fourth-order valence-corrected chi connectivity index (χ4v) is 2.59. The van der Waals surface area contributed by atoms with Crippen LogP contribution in [-0.4, -0.2) is 31.4 Å². The van der Waals surface area contributed by atoms with E-state index in [1.54, 1.807) is 19.2 Å². The molecule has 0 fully saturated rings. The number of benzene rings is 2. The van der Waals surface area contributed by atoms with Gasteiger partial charge in [0, 0.05) is 11.0 Å². The molecule has 0 atom stereocenters. The van der Waals surface area contributed by atoms with E-state index in [0.717, 1.165) is 10.0 Å². The molecule has 2 aromatic carbocycles. The molecule has 0 heterocycles. The first kappa shape index (κ1) is 15.7. The molecule has 0 radical (unpaired) electrons. The second-order valence-electron chi connectivity index (χ2n) is 4.89. The monoisotopic (exact) mass is 347 g/mol. The topological polar surface area (TPSA) is 29.5 Å². The highest BCUT2D eigenvalue weighted by Crippen LogP contribution is 2.20. The number of methoxy groups -OCH3 is 1. The average Bonchev–Trinajstić information content (AvgIpc) is 2.49. The molecule has 21 heavy (non-hydrogen) atoms. The van der Waals surface area contributed by atoms with Crippen LogP contribution in [0, 0.1) is 0 Å².